The van der Waals surface area contributed by atoms with Gasteiger partial charge in [-0.05, 0) is 32.0 Å². The van der Waals surface area contributed by atoms with Gasteiger partial charge in [-0.2, -0.15) is 0 Å². The summed E-state index contributed by atoms with van der Waals surface area (Å²) < 4.78 is 13.8. The van der Waals surface area contributed by atoms with Gasteiger partial charge in [-0.3, -0.25) is 4.79 Å². The van der Waals surface area contributed by atoms with E-state index in [1.807, 2.05) is 13.0 Å². The molecule has 0 aliphatic heterocycles. The van der Waals surface area contributed by atoms with Crippen LogP contribution in [0.25, 0.3) is 0 Å². The number of primary amides is 1. The van der Waals surface area contributed by atoms with Gasteiger partial charge in [-0.15, -0.1) is 0 Å². The smallest absolute Gasteiger partial charge is 0.248 e. The molecule has 0 fully saturated rings. The molecular weight excluding hydrogens is 271 g/mol. The molecule has 0 aromatic heterocycles. The summed E-state index contributed by atoms with van der Waals surface area (Å²) in [5, 5.41) is 12.8. The summed E-state index contributed by atoms with van der Waals surface area (Å²) in [7, 11) is 0. The van der Waals surface area contributed by atoms with Crippen LogP contribution in [0.1, 0.15) is 27.0 Å². The molecule has 4 N–H and O–H groups in total. The van der Waals surface area contributed by atoms with Gasteiger partial charge in [0.1, 0.15) is 11.6 Å². The van der Waals surface area contributed by atoms with Gasteiger partial charge in [-0.25, -0.2) is 4.39 Å². The van der Waals surface area contributed by atoms with E-state index in [1.165, 1.54) is 6.07 Å². The lowest BCUT2D eigenvalue weighted by Gasteiger charge is -2.13. The van der Waals surface area contributed by atoms with Gasteiger partial charge in [0.15, 0.2) is 0 Å². The van der Waals surface area contributed by atoms with E-state index in [1.54, 1.807) is 19.1 Å². The molecule has 0 spiro atoms. The first-order valence-corrected chi connectivity index (χ1v) is 6.51. The number of carbonyl (C=O) groups is 1. The molecule has 4 nitrogen and oxygen atoms in total. The van der Waals surface area contributed by atoms with Crippen molar-refractivity contribution in [3.63, 3.8) is 0 Å². The highest BCUT2D eigenvalue weighted by atomic mass is 19.1. The van der Waals surface area contributed by atoms with E-state index in [-0.39, 0.29) is 11.3 Å². The second-order valence-corrected chi connectivity index (χ2v) is 4.98. The van der Waals surface area contributed by atoms with Crippen LogP contribution in [0, 0.1) is 19.7 Å². The largest absolute Gasteiger partial charge is 0.508 e. The van der Waals surface area contributed by atoms with Crippen molar-refractivity contribution >= 4 is 11.6 Å². The third-order valence-corrected chi connectivity index (χ3v) is 3.33. The first kappa shape index (κ1) is 14.8. The topological polar surface area (TPSA) is 75.3 Å². The number of phenolic OH excluding ortho intramolecular Hbond substituents is 1. The number of anilines is 1. The summed E-state index contributed by atoms with van der Waals surface area (Å²) in [6.45, 7) is 3.84. The lowest BCUT2D eigenvalue weighted by atomic mass is 10.1. The maximum absolute atomic E-state index is 13.8. The van der Waals surface area contributed by atoms with Gasteiger partial charge in [0.2, 0.25) is 5.91 Å². The third kappa shape index (κ3) is 3.31. The van der Waals surface area contributed by atoms with Crippen molar-refractivity contribution in [1.29, 1.82) is 0 Å². The highest BCUT2D eigenvalue weighted by Gasteiger charge is 2.11. The van der Waals surface area contributed by atoms with Crippen molar-refractivity contribution in [3.8, 4) is 5.75 Å². The summed E-state index contributed by atoms with van der Waals surface area (Å²) in [6.07, 6.45) is 0. The first-order valence-electron chi connectivity index (χ1n) is 6.51. The maximum atomic E-state index is 13.8. The number of phenols is 1. The Labute approximate surface area is 122 Å². The Morgan fingerprint density at radius 1 is 1.29 bits per heavy atom. The van der Waals surface area contributed by atoms with Crippen molar-refractivity contribution in [1.82, 2.24) is 0 Å². The van der Waals surface area contributed by atoms with Crippen molar-refractivity contribution in [2.45, 2.75) is 20.4 Å². The second-order valence-electron chi connectivity index (χ2n) is 4.98. The molecule has 0 aliphatic carbocycles. The molecule has 0 saturated carbocycles. The van der Waals surface area contributed by atoms with E-state index in [2.05, 4.69) is 5.32 Å². The van der Waals surface area contributed by atoms with E-state index >= 15 is 0 Å². The molecule has 2 rings (SSSR count). The van der Waals surface area contributed by atoms with Crippen LogP contribution < -0.4 is 11.1 Å². The molecule has 0 unspecified atom stereocenters. The van der Waals surface area contributed by atoms with Crippen LogP contribution in [0.15, 0.2) is 30.3 Å². The van der Waals surface area contributed by atoms with Gasteiger partial charge in [0, 0.05) is 28.9 Å². The zero-order valence-corrected chi connectivity index (χ0v) is 11.9. The number of halogens is 1. The Morgan fingerprint density at radius 2 is 2.00 bits per heavy atom. The SMILES string of the molecule is Cc1ccc(O)c(CNc2cc(C(N)=O)cc(F)c2C)c1. The normalized spacial score (nSPS) is 10.4. The van der Waals surface area contributed by atoms with Gasteiger partial charge in [0.05, 0.1) is 0 Å². The molecule has 2 aromatic carbocycles. The van der Waals surface area contributed by atoms with E-state index < -0.39 is 11.7 Å². The van der Waals surface area contributed by atoms with Gasteiger partial charge < -0.3 is 16.2 Å². The molecule has 2 aromatic rings. The number of hydrogen-bond acceptors (Lipinski definition) is 3. The Hall–Kier alpha value is -2.56. The number of aryl methyl sites for hydroxylation is 1. The summed E-state index contributed by atoms with van der Waals surface area (Å²) in [4.78, 5) is 11.2. The average Bonchev–Trinajstić information content (AvgIpc) is 2.43. The number of hydrogen-bond donors (Lipinski definition) is 3. The lowest BCUT2D eigenvalue weighted by Crippen LogP contribution is -2.13. The Kier molecular flexibility index (Phi) is 4.12. The molecule has 0 heterocycles. The predicted octanol–water partition coefficient (Wildman–Crippen LogP) is 2.86. The van der Waals surface area contributed by atoms with Crippen molar-refractivity contribution in [2.75, 3.05) is 5.32 Å². The van der Waals surface area contributed by atoms with Crippen molar-refractivity contribution in [2.24, 2.45) is 5.73 Å². The number of carbonyl (C=O) groups excluding carboxylic acids is 1. The van der Waals surface area contributed by atoms with Gasteiger partial charge in [0.25, 0.3) is 0 Å². The van der Waals surface area contributed by atoms with E-state index in [4.69, 9.17) is 5.73 Å². The highest BCUT2D eigenvalue weighted by Crippen LogP contribution is 2.24. The molecule has 5 heteroatoms. The number of amides is 1. The molecule has 0 aliphatic rings. The molecule has 110 valence electrons. The highest BCUT2D eigenvalue weighted by molar-refractivity contribution is 5.94. The molecule has 1 amide bonds. The summed E-state index contributed by atoms with van der Waals surface area (Å²) in [6, 6.07) is 7.88. The second kappa shape index (κ2) is 5.83. The number of nitrogens with one attached hydrogen (secondary N) is 1. The predicted molar refractivity (Wildman–Crippen MR) is 79.8 cm³/mol. The molecule has 0 radical (unpaired) electrons. The van der Waals surface area contributed by atoms with Gasteiger partial charge >= 0.3 is 0 Å². The fourth-order valence-electron chi connectivity index (χ4n) is 2.05. The number of nitrogens with two attached hydrogens (primary N) is 1. The average molecular weight is 288 g/mol. The number of benzene rings is 2. The standard InChI is InChI=1S/C16H17FN2O2/c1-9-3-4-15(20)12(5-9)8-19-14-7-11(16(18)21)6-13(17)10(14)2/h3-7,19-20H,8H2,1-2H3,(H2,18,21). The fraction of sp³-hybridized carbons (Fsp3) is 0.188. The van der Waals surface area contributed by atoms with E-state index in [0.717, 1.165) is 11.6 Å². The number of rotatable bonds is 4. The van der Waals surface area contributed by atoms with Crippen LogP contribution in [0.5, 0.6) is 5.75 Å². The first-order chi connectivity index (χ1) is 9.88. The van der Waals surface area contributed by atoms with Crippen molar-refractivity contribution in [3.05, 3.63) is 58.4 Å². The zero-order valence-electron chi connectivity index (χ0n) is 11.9. The van der Waals surface area contributed by atoms with Gasteiger partial charge in [-0.1, -0.05) is 17.7 Å². The van der Waals surface area contributed by atoms with Crippen LogP contribution in [-0.4, -0.2) is 11.0 Å². The quantitative estimate of drug-likeness (QED) is 0.809. The lowest BCUT2D eigenvalue weighted by molar-refractivity contribution is 0.1000. The third-order valence-electron chi connectivity index (χ3n) is 3.33. The minimum absolute atomic E-state index is 0.106. The van der Waals surface area contributed by atoms with Crippen LogP contribution >= 0.6 is 0 Å². The molecule has 0 saturated heterocycles. The Balaban J connectivity index is 2.27. The summed E-state index contributed by atoms with van der Waals surface area (Å²) >= 11 is 0. The summed E-state index contributed by atoms with van der Waals surface area (Å²) in [5.41, 5.74) is 7.86. The molecule has 0 bridgehead atoms. The Bertz CT molecular complexity index is 699. The minimum Gasteiger partial charge on any atom is -0.508 e. The zero-order chi connectivity index (χ0) is 15.6. The van der Waals surface area contributed by atoms with E-state index in [9.17, 15) is 14.3 Å². The van der Waals surface area contributed by atoms with Crippen molar-refractivity contribution < 1.29 is 14.3 Å². The maximum Gasteiger partial charge on any atom is 0.248 e. The Morgan fingerprint density at radius 3 is 2.67 bits per heavy atom. The monoisotopic (exact) mass is 288 g/mol. The summed E-state index contributed by atoms with van der Waals surface area (Å²) in [5.74, 6) is -1.02. The molecule has 0 atom stereocenters. The minimum atomic E-state index is -0.685. The van der Waals surface area contributed by atoms with Crippen LogP contribution in [0.2, 0.25) is 0 Å². The molecular formula is C16H17FN2O2. The van der Waals surface area contributed by atoms with Crippen LogP contribution in [0.3, 0.4) is 0 Å². The number of aromatic hydroxyl groups is 1. The van der Waals surface area contributed by atoms with Crippen LogP contribution in [-0.2, 0) is 6.54 Å². The fourth-order valence-corrected chi connectivity index (χ4v) is 2.05. The van der Waals surface area contributed by atoms with E-state index in [0.29, 0.717) is 23.4 Å². The van der Waals surface area contributed by atoms with Crippen LogP contribution in [0.4, 0.5) is 10.1 Å². The molecule has 21 heavy (non-hydrogen) atoms.